The average Bonchev–Trinajstić information content (AvgIpc) is 3.28. The predicted octanol–water partition coefficient (Wildman–Crippen LogP) is 3.20. The molecule has 1 fully saturated rings. The Labute approximate surface area is 169 Å². The zero-order valence-corrected chi connectivity index (χ0v) is 16.2. The molecule has 0 spiro atoms. The number of carbonyl (C=O) groups is 2. The van der Waals surface area contributed by atoms with Crippen LogP contribution in [0.3, 0.4) is 0 Å². The van der Waals surface area contributed by atoms with Gasteiger partial charge in [-0.3, -0.25) is 9.59 Å². The van der Waals surface area contributed by atoms with Gasteiger partial charge in [-0.15, -0.1) is 0 Å². The smallest absolute Gasteiger partial charge is 0.289 e. The maximum Gasteiger partial charge on any atom is 0.289 e. The monoisotopic (exact) mass is 390 g/mol. The number of benzene rings is 1. The molecule has 7 nitrogen and oxygen atoms in total. The van der Waals surface area contributed by atoms with E-state index in [1.165, 1.54) is 6.26 Å². The Hall–Kier alpha value is -3.61. The van der Waals surface area contributed by atoms with Crippen molar-refractivity contribution in [2.75, 3.05) is 36.4 Å². The van der Waals surface area contributed by atoms with Crippen LogP contribution in [-0.2, 0) is 0 Å². The van der Waals surface area contributed by atoms with Crippen LogP contribution in [0.2, 0.25) is 0 Å². The SMILES string of the molecule is Cc1cccc(NC(=O)c2ccnc(N3CCN(C(=O)c4ccco4)CC3)c2)c1. The standard InChI is InChI=1S/C22H22N4O3/c1-16-4-2-5-18(14-16)24-21(27)17-7-8-23-20(15-17)25-9-11-26(12-10-25)22(28)19-6-3-13-29-19/h2-8,13-15H,9-12H2,1H3,(H,24,27). The molecule has 148 valence electrons. The highest BCUT2D eigenvalue weighted by Gasteiger charge is 2.24. The van der Waals surface area contributed by atoms with Crippen LogP contribution >= 0.6 is 0 Å². The van der Waals surface area contributed by atoms with E-state index in [0.717, 1.165) is 17.1 Å². The number of aryl methyl sites for hydroxylation is 1. The van der Waals surface area contributed by atoms with E-state index in [2.05, 4.69) is 15.2 Å². The molecule has 1 aromatic carbocycles. The number of hydrogen-bond acceptors (Lipinski definition) is 5. The molecule has 0 unspecified atom stereocenters. The quantitative estimate of drug-likeness (QED) is 0.740. The predicted molar refractivity (Wildman–Crippen MR) is 110 cm³/mol. The van der Waals surface area contributed by atoms with Crippen LogP contribution in [0.15, 0.2) is 65.4 Å². The lowest BCUT2D eigenvalue weighted by molar-refractivity contribution is 0.0714. The molecule has 1 saturated heterocycles. The second-order valence-corrected chi connectivity index (χ2v) is 6.98. The average molecular weight is 390 g/mol. The van der Waals surface area contributed by atoms with Crippen LogP contribution in [0.25, 0.3) is 0 Å². The molecule has 0 aliphatic carbocycles. The van der Waals surface area contributed by atoms with E-state index in [1.807, 2.05) is 31.2 Å². The molecule has 4 rings (SSSR count). The topological polar surface area (TPSA) is 78.7 Å². The van der Waals surface area contributed by atoms with Gasteiger partial charge in [-0.25, -0.2) is 4.98 Å². The molecule has 0 saturated carbocycles. The molecule has 2 aromatic heterocycles. The van der Waals surface area contributed by atoms with Crippen molar-refractivity contribution in [3.63, 3.8) is 0 Å². The number of piperazine rings is 1. The molecule has 3 heterocycles. The first-order valence-electron chi connectivity index (χ1n) is 9.52. The fourth-order valence-corrected chi connectivity index (χ4v) is 3.35. The summed E-state index contributed by atoms with van der Waals surface area (Å²) in [4.78, 5) is 33.3. The lowest BCUT2D eigenvalue weighted by Gasteiger charge is -2.35. The lowest BCUT2D eigenvalue weighted by atomic mass is 10.2. The Balaban J connectivity index is 1.40. The summed E-state index contributed by atoms with van der Waals surface area (Å²) >= 11 is 0. The zero-order chi connectivity index (χ0) is 20.2. The Kier molecular flexibility index (Phi) is 5.29. The fraction of sp³-hybridized carbons (Fsp3) is 0.227. The fourth-order valence-electron chi connectivity index (χ4n) is 3.35. The normalized spacial score (nSPS) is 14.0. The Morgan fingerprint density at radius 2 is 1.86 bits per heavy atom. The van der Waals surface area contributed by atoms with Crippen molar-refractivity contribution in [3.05, 3.63) is 77.9 Å². The molecule has 1 aliphatic rings. The number of nitrogens with one attached hydrogen (secondary N) is 1. The molecule has 0 bridgehead atoms. The third kappa shape index (κ3) is 4.29. The first-order chi connectivity index (χ1) is 14.1. The van der Waals surface area contributed by atoms with Gasteiger partial charge in [0.1, 0.15) is 5.82 Å². The minimum atomic E-state index is -0.175. The summed E-state index contributed by atoms with van der Waals surface area (Å²) in [6.45, 7) is 4.41. The maximum atomic E-state index is 12.6. The first-order valence-corrected chi connectivity index (χ1v) is 9.52. The number of rotatable bonds is 4. The number of nitrogens with zero attached hydrogens (tertiary/aromatic N) is 3. The molecule has 3 aromatic rings. The molecule has 0 radical (unpaired) electrons. The summed E-state index contributed by atoms with van der Waals surface area (Å²) in [7, 11) is 0. The summed E-state index contributed by atoms with van der Waals surface area (Å²) in [5.41, 5.74) is 2.39. The van der Waals surface area contributed by atoms with Crippen molar-refractivity contribution in [2.24, 2.45) is 0 Å². The number of aromatic nitrogens is 1. The van der Waals surface area contributed by atoms with Crippen molar-refractivity contribution in [1.82, 2.24) is 9.88 Å². The van der Waals surface area contributed by atoms with Gasteiger partial charge >= 0.3 is 0 Å². The van der Waals surface area contributed by atoms with E-state index in [-0.39, 0.29) is 11.8 Å². The third-order valence-electron chi connectivity index (χ3n) is 4.91. The van der Waals surface area contributed by atoms with Crippen LogP contribution in [0, 0.1) is 6.92 Å². The lowest BCUT2D eigenvalue weighted by Crippen LogP contribution is -2.49. The summed E-state index contributed by atoms with van der Waals surface area (Å²) in [5, 5.41) is 2.92. The molecule has 1 aliphatic heterocycles. The largest absolute Gasteiger partial charge is 0.459 e. The number of anilines is 2. The minimum absolute atomic E-state index is 0.103. The van der Waals surface area contributed by atoms with Crippen molar-refractivity contribution < 1.29 is 14.0 Å². The Morgan fingerprint density at radius 3 is 2.59 bits per heavy atom. The van der Waals surface area contributed by atoms with Crippen LogP contribution in [0.4, 0.5) is 11.5 Å². The van der Waals surface area contributed by atoms with Crippen molar-refractivity contribution in [2.45, 2.75) is 6.92 Å². The van der Waals surface area contributed by atoms with Gasteiger partial charge in [0.2, 0.25) is 0 Å². The van der Waals surface area contributed by atoms with Gasteiger partial charge < -0.3 is 19.5 Å². The molecular weight excluding hydrogens is 368 g/mol. The van der Waals surface area contributed by atoms with E-state index in [1.54, 1.807) is 35.4 Å². The molecule has 7 heteroatoms. The summed E-state index contributed by atoms with van der Waals surface area (Å²) in [5.74, 6) is 0.804. The van der Waals surface area contributed by atoms with E-state index < -0.39 is 0 Å². The van der Waals surface area contributed by atoms with Crippen molar-refractivity contribution >= 4 is 23.3 Å². The second kappa shape index (κ2) is 8.18. The van der Waals surface area contributed by atoms with E-state index in [0.29, 0.717) is 37.5 Å². The highest BCUT2D eigenvalue weighted by Crippen LogP contribution is 2.18. The van der Waals surface area contributed by atoms with Crippen LogP contribution in [0.1, 0.15) is 26.5 Å². The molecular formula is C22H22N4O3. The molecule has 29 heavy (non-hydrogen) atoms. The van der Waals surface area contributed by atoms with Gasteiger partial charge in [0.25, 0.3) is 11.8 Å². The number of amides is 2. The number of furan rings is 1. The maximum absolute atomic E-state index is 12.6. The Morgan fingerprint density at radius 1 is 1.03 bits per heavy atom. The number of pyridine rings is 1. The van der Waals surface area contributed by atoms with Crippen molar-refractivity contribution in [1.29, 1.82) is 0 Å². The van der Waals surface area contributed by atoms with Crippen molar-refractivity contribution in [3.8, 4) is 0 Å². The van der Waals surface area contributed by atoms with Gasteiger partial charge in [-0.1, -0.05) is 12.1 Å². The van der Waals surface area contributed by atoms with E-state index in [4.69, 9.17) is 4.42 Å². The molecule has 2 amide bonds. The van der Waals surface area contributed by atoms with Gasteiger partial charge in [-0.2, -0.15) is 0 Å². The molecule has 0 atom stereocenters. The summed E-state index contributed by atoms with van der Waals surface area (Å²) < 4.78 is 5.20. The second-order valence-electron chi connectivity index (χ2n) is 6.98. The highest BCUT2D eigenvalue weighted by atomic mass is 16.3. The minimum Gasteiger partial charge on any atom is -0.459 e. The number of hydrogen-bond donors (Lipinski definition) is 1. The highest BCUT2D eigenvalue weighted by molar-refractivity contribution is 6.04. The summed E-state index contributed by atoms with van der Waals surface area (Å²) in [6.07, 6.45) is 3.14. The van der Waals surface area contributed by atoms with Crippen LogP contribution in [-0.4, -0.2) is 47.9 Å². The van der Waals surface area contributed by atoms with E-state index >= 15 is 0 Å². The van der Waals surface area contributed by atoms with Gasteiger partial charge in [0.05, 0.1) is 6.26 Å². The zero-order valence-electron chi connectivity index (χ0n) is 16.2. The van der Waals surface area contributed by atoms with Crippen LogP contribution in [0.5, 0.6) is 0 Å². The van der Waals surface area contributed by atoms with E-state index in [9.17, 15) is 9.59 Å². The first kappa shape index (κ1) is 18.7. The number of carbonyl (C=O) groups excluding carboxylic acids is 2. The van der Waals surface area contributed by atoms with Gasteiger partial charge in [0.15, 0.2) is 5.76 Å². The van der Waals surface area contributed by atoms with Gasteiger partial charge in [-0.05, 0) is 48.9 Å². The summed E-state index contributed by atoms with van der Waals surface area (Å²) in [6, 6.07) is 14.5. The third-order valence-corrected chi connectivity index (χ3v) is 4.91. The van der Waals surface area contributed by atoms with Crippen LogP contribution < -0.4 is 10.2 Å². The van der Waals surface area contributed by atoms with Gasteiger partial charge in [0, 0.05) is 43.6 Å². The molecule has 1 N–H and O–H groups in total. The Bertz CT molecular complexity index is 1010.